The van der Waals surface area contributed by atoms with Crippen LogP contribution in [0.3, 0.4) is 0 Å². The van der Waals surface area contributed by atoms with Crippen LogP contribution in [0.5, 0.6) is 17.2 Å². The number of para-hydroxylation sites is 2. The molecule has 0 spiro atoms. The molecular weight excluding hydrogens is 440 g/mol. The van der Waals surface area contributed by atoms with Gasteiger partial charge in [-0.25, -0.2) is 0 Å². The maximum atomic E-state index is 13.8. The second-order valence-corrected chi connectivity index (χ2v) is 9.03. The number of carbonyl (C=O) groups is 1. The van der Waals surface area contributed by atoms with Gasteiger partial charge in [0.05, 0.1) is 38.7 Å². The number of ether oxygens (including phenoxy) is 3. The van der Waals surface area contributed by atoms with E-state index in [2.05, 4.69) is 41.8 Å². The fourth-order valence-electron chi connectivity index (χ4n) is 5.08. The van der Waals surface area contributed by atoms with Gasteiger partial charge in [-0.1, -0.05) is 42.0 Å². The Bertz CT molecular complexity index is 1300. The van der Waals surface area contributed by atoms with E-state index in [1.807, 2.05) is 36.4 Å². The molecule has 2 atom stereocenters. The Morgan fingerprint density at radius 1 is 0.800 bits per heavy atom. The van der Waals surface area contributed by atoms with Gasteiger partial charge in [0.1, 0.15) is 5.75 Å². The molecule has 0 saturated heterocycles. The Labute approximate surface area is 205 Å². The third-order valence-electron chi connectivity index (χ3n) is 6.90. The number of fused-ring (bicyclic) bond motifs is 1. The normalized spacial score (nSPS) is 19.0. The summed E-state index contributed by atoms with van der Waals surface area (Å²) in [4.78, 5) is 13.8. The summed E-state index contributed by atoms with van der Waals surface area (Å²) < 4.78 is 16.8. The fourth-order valence-corrected chi connectivity index (χ4v) is 5.08. The van der Waals surface area contributed by atoms with Crippen LogP contribution in [0.4, 0.5) is 11.4 Å². The van der Waals surface area contributed by atoms with E-state index in [1.165, 1.54) is 11.1 Å². The van der Waals surface area contributed by atoms with Gasteiger partial charge < -0.3 is 24.8 Å². The number of aryl methyl sites for hydroxylation is 1. The van der Waals surface area contributed by atoms with Crippen molar-refractivity contribution >= 4 is 17.2 Å². The van der Waals surface area contributed by atoms with Gasteiger partial charge in [-0.2, -0.15) is 0 Å². The van der Waals surface area contributed by atoms with Crippen molar-refractivity contribution in [2.75, 3.05) is 32.0 Å². The smallest absolute Gasteiger partial charge is 0.164 e. The summed E-state index contributed by atoms with van der Waals surface area (Å²) in [5.41, 5.74) is 6.74. The molecule has 2 aliphatic rings. The summed E-state index contributed by atoms with van der Waals surface area (Å²) in [5.74, 6) is 2.02. The summed E-state index contributed by atoms with van der Waals surface area (Å²) in [6.07, 6.45) is 1.19. The molecule has 0 amide bonds. The molecule has 6 nitrogen and oxygen atoms in total. The zero-order valence-electron chi connectivity index (χ0n) is 20.5. The van der Waals surface area contributed by atoms with Gasteiger partial charge in [-0.3, -0.25) is 4.79 Å². The fraction of sp³-hybridized carbons (Fsp3) is 0.276. The topological polar surface area (TPSA) is 68.8 Å². The second kappa shape index (κ2) is 9.37. The van der Waals surface area contributed by atoms with Gasteiger partial charge in [0.25, 0.3) is 0 Å². The second-order valence-electron chi connectivity index (χ2n) is 9.03. The van der Waals surface area contributed by atoms with E-state index in [9.17, 15) is 4.79 Å². The lowest BCUT2D eigenvalue weighted by Crippen LogP contribution is -2.27. The summed E-state index contributed by atoms with van der Waals surface area (Å²) in [5, 5.41) is 7.20. The van der Waals surface area contributed by atoms with E-state index in [4.69, 9.17) is 14.2 Å². The highest BCUT2D eigenvalue weighted by Gasteiger charge is 2.37. The summed E-state index contributed by atoms with van der Waals surface area (Å²) in [6, 6.07) is 19.8. The van der Waals surface area contributed by atoms with Gasteiger partial charge in [0, 0.05) is 29.3 Å². The Morgan fingerprint density at radius 2 is 1.46 bits per heavy atom. The van der Waals surface area contributed by atoms with Crippen LogP contribution in [-0.2, 0) is 4.79 Å². The number of benzene rings is 3. The zero-order chi connectivity index (χ0) is 24.5. The van der Waals surface area contributed by atoms with E-state index < -0.39 is 6.04 Å². The number of nitrogens with one attached hydrogen (secondary N) is 2. The van der Waals surface area contributed by atoms with Crippen molar-refractivity contribution in [3.8, 4) is 17.2 Å². The molecule has 3 aromatic rings. The summed E-state index contributed by atoms with van der Waals surface area (Å²) in [6.45, 7) is 2.08. The number of hydrogen-bond acceptors (Lipinski definition) is 6. The lowest BCUT2D eigenvalue weighted by Gasteiger charge is -2.30. The van der Waals surface area contributed by atoms with E-state index in [0.717, 1.165) is 34.6 Å². The molecule has 2 N–H and O–H groups in total. The molecule has 1 heterocycles. The number of ketones is 1. The molecule has 0 radical (unpaired) electrons. The number of carbonyl (C=O) groups excluding carboxylic acids is 1. The number of hydrogen-bond donors (Lipinski definition) is 2. The van der Waals surface area contributed by atoms with Crippen LogP contribution in [0, 0.1) is 6.92 Å². The van der Waals surface area contributed by atoms with Crippen molar-refractivity contribution in [3.05, 3.63) is 88.6 Å². The molecule has 0 saturated carbocycles. The predicted octanol–water partition coefficient (Wildman–Crippen LogP) is 6.00. The molecule has 3 aromatic carbocycles. The minimum Gasteiger partial charge on any atom is -0.496 e. The van der Waals surface area contributed by atoms with Crippen LogP contribution in [0.25, 0.3) is 0 Å². The Kier molecular flexibility index (Phi) is 6.12. The molecule has 180 valence electrons. The minimum atomic E-state index is -0.414. The SMILES string of the molecule is COc1cc(OC)c([C@H]2Nc3ccccc3NC3=C2C(=O)C[C@@H](c2ccc(C)cc2)C3)cc1OC. The highest BCUT2D eigenvalue weighted by molar-refractivity contribution is 6.01. The summed E-state index contributed by atoms with van der Waals surface area (Å²) in [7, 11) is 4.82. The maximum absolute atomic E-state index is 13.8. The number of anilines is 2. The van der Waals surface area contributed by atoms with Gasteiger partial charge in [0.2, 0.25) is 0 Å². The first-order valence-corrected chi connectivity index (χ1v) is 11.8. The van der Waals surface area contributed by atoms with Crippen LogP contribution < -0.4 is 24.8 Å². The van der Waals surface area contributed by atoms with Gasteiger partial charge >= 0.3 is 0 Å². The quantitative estimate of drug-likeness (QED) is 0.477. The van der Waals surface area contributed by atoms with Crippen LogP contribution in [0.2, 0.25) is 0 Å². The molecular formula is C29H30N2O4. The molecule has 1 aliphatic carbocycles. The minimum absolute atomic E-state index is 0.117. The van der Waals surface area contributed by atoms with Crippen molar-refractivity contribution < 1.29 is 19.0 Å². The number of rotatable bonds is 5. The van der Waals surface area contributed by atoms with Gasteiger partial charge in [-0.05, 0) is 43.0 Å². The van der Waals surface area contributed by atoms with Crippen molar-refractivity contribution in [3.63, 3.8) is 0 Å². The first-order valence-electron chi connectivity index (χ1n) is 11.8. The molecule has 0 unspecified atom stereocenters. The standard InChI is InChI=1S/C29H30N2O4/c1-17-9-11-18(12-10-17)19-13-23-28(24(32)14-19)29(31-22-8-6-5-7-21(22)30-23)20-15-26(34-3)27(35-4)16-25(20)33-2/h5-12,15-16,19,29-31H,13-14H2,1-4H3/t19-,29+/m0/s1. The van der Waals surface area contributed by atoms with Crippen LogP contribution in [-0.4, -0.2) is 27.1 Å². The van der Waals surface area contributed by atoms with E-state index >= 15 is 0 Å². The third-order valence-corrected chi connectivity index (χ3v) is 6.90. The molecule has 35 heavy (non-hydrogen) atoms. The average molecular weight is 471 g/mol. The maximum Gasteiger partial charge on any atom is 0.164 e. The van der Waals surface area contributed by atoms with Crippen molar-refractivity contribution in [1.29, 1.82) is 0 Å². The van der Waals surface area contributed by atoms with E-state index in [0.29, 0.717) is 23.7 Å². The van der Waals surface area contributed by atoms with Crippen LogP contribution in [0.1, 0.15) is 41.5 Å². The average Bonchev–Trinajstić information content (AvgIpc) is 3.05. The van der Waals surface area contributed by atoms with Gasteiger partial charge in [-0.15, -0.1) is 0 Å². The zero-order valence-corrected chi connectivity index (χ0v) is 20.5. The molecule has 0 fully saturated rings. The number of methoxy groups -OCH3 is 3. The molecule has 0 bridgehead atoms. The Hall–Kier alpha value is -3.93. The first-order chi connectivity index (χ1) is 17.0. The van der Waals surface area contributed by atoms with E-state index in [1.54, 1.807) is 21.3 Å². The number of Topliss-reactive ketones (excluding diaryl/α,β-unsaturated/α-hetero) is 1. The molecule has 1 aliphatic heterocycles. The Morgan fingerprint density at radius 3 is 2.14 bits per heavy atom. The first kappa shape index (κ1) is 22.8. The Balaban J connectivity index is 1.66. The molecule has 5 rings (SSSR count). The third kappa shape index (κ3) is 4.20. The van der Waals surface area contributed by atoms with Crippen molar-refractivity contribution in [1.82, 2.24) is 0 Å². The molecule has 0 aromatic heterocycles. The highest BCUT2D eigenvalue weighted by Crippen LogP contribution is 2.47. The molecule has 6 heteroatoms. The predicted molar refractivity (Wildman–Crippen MR) is 138 cm³/mol. The van der Waals surface area contributed by atoms with Gasteiger partial charge in [0.15, 0.2) is 17.3 Å². The summed E-state index contributed by atoms with van der Waals surface area (Å²) >= 11 is 0. The van der Waals surface area contributed by atoms with Crippen molar-refractivity contribution in [2.45, 2.75) is 31.7 Å². The van der Waals surface area contributed by atoms with Crippen LogP contribution >= 0.6 is 0 Å². The largest absolute Gasteiger partial charge is 0.496 e. The number of allylic oxidation sites excluding steroid dienone is 1. The van der Waals surface area contributed by atoms with Crippen molar-refractivity contribution in [2.24, 2.45) is 0 Å². The monoisotopic (exact) mass is 470 g/mol. The van der Waals surface area contributed by atoms with Crippen LogP contribution in [0.15, 0.2) is 71.9 Å². The van der Waals surface area contributed by atoms with E-state index in [-0.39, 0.29) is 11.7 Å². The lowest BCUT2D eigenvalue weighted by atomic mass is 9.78. The highest BCUT2D eigenvalue weighted by atomic mass is 16.5. The lowest BCUT2D eigenvalue weighted by molar-refractivity contribution is -0.116.